The number of aryl methyl sites for hydroxylation is 1. The Labute approximate surface area is 203 Å². The van der Waals surface area contributed by atoms with Crippen molar-refractivity contribution in [1.29, 1.82) is 0 Å². The normalized spacial score (nSPS) is 11.9. The molecule has 2 N–H and O–H groups in total. The molecule has 0 aliphatic rings. The lowest BCUT2D eigenvalue weighted by Crippen LogP contribution is -2.05. The lowest BCUT2D eigenvalue weighted by atomic mass is 10.1. The molecule has 0 aliphatic heterocycles. The minimum Gasteiger partial charge on any atom is -0.326 e. The van der Waals surface area contributed by atoms with Crippen LogP contribution in [-0.4, -0.2) is 28.8 Å². The van der Waals surface area contributed by atoms with Gasteiger partial charge in [-0.2, -0.15) is 8.42 Å². The number of amides is 1. The van der Waals surface area contributed by atoms with Crippen LogP contribution in [0.1, 0.15) is 23.1 Å². The number of benzene rings is 3. The molecule has 0 saturated carbocycles. The van der Waals surface area contributed by atoms with Crippen molar-refractivity contribution < 1.29 is 17.8 Å². The van der Waals surface area contributed by atoms with Gasteiger partial charge in [0.2, 0.25) is 5.91 Å². The van der Waals surface area contributed by atoms with Gasteiger partial charge < -0.3 is 5.32 Å². The fraction of sp³-hybridized carbons (Fsp3) is 0.125. The second-order valence-corrected chi connectivity index (χ2v) is 11.4. The molecule has 0 unspecified atom stereocenters. The smallest absolute Gasteiger partial charge is 0.296 e. The Hall–Kier alpha value is -3.18. The summed E-state index contributed by atoms with van der Waals surface area (Å²) in [5.74, 6) is -0.104. The summed E-state index contributed by atoms with van der Waals surface area (Å²) in [6.07, 6.45) is 0.674. The average Bonchev–Trinajstić information content (AvgIpc) is 3.36. The number of anilines is 1. The van der Waals surface area contributed by atoms with Gasteiger partial charge in [0, 0.05) is 24.6 Å². The summed E-state index contributed by atoms with van der Waals surface area (Å²) < 4.78 is 35.0. The van der Waals surface area contributed by atoms with Crippen molar-refractivity contribution in [3.8, 4) is 10.6 Å². The molecule has 0 aliphatic carbocycles. The highest BCUT2D eigenvalue weighted by molar-refractivity contribution is 7.86. The molecular weight excluding hydrogens is 490 g/mol. The van der Waals surface area contributed by atoms with Crippen LogP contribution >= 0.6 is 22.7 Å². The van der Waals surface area contributed by atoms with E-state index in [0.29, 0.717) is 27.2 Å². The van der Waals surface area contributed by atoms with Gasteiger partial charge in [-0.15, -0.1) is 22.7 Å². The highest BCUT2D eigenvalue weighted by atomic mass is 32.2. The molecule has 7 nitrogen and oxygen atoms in total. The molecule has 0 atom stereocenters. The van der Waals surface area contributed by atoms with E-state index in [0.717, 1.165) is 32.0 Å². The number of aromatic nitrogens is 2. The number of hydrogen-bond acceptors (Lipinski definition) is 7. The van der Waals surface area contributed by atoms with Crippen LogP contribution in [0.5, 0.6) is 0 Å². The van der Waals surface area contributed by atoms with E-state index < -0.39 is 10.1 Å². The predicted molar refractivity (Wildman–Crippen MR) is 136 cm³/mol. The molecule has 10 heteroatoms. The van der Waals surface area contributed by atoms with E-state index in [-0.39, 0.29) is 10.8 Å². The number of carbonyl (C=O) groups is 1. The fourth-order valence-corrected chi connectivity index (χ4v) is 7.12. The first-order valence-electron chi connectivity index (χ1n) is 10.3. The number of hydrogen-bond donors (Lipinski definition) is 2. The van der Waals surface area contributed by atoms with Gasteiger partial charge in [-0.1, -0.05) is 18.2 Å². The summed E-state index contributed by atoms with van der Waals surface area (Å²) in [5, 5.41) is 4.40. The van der Waals surface area contributed by atoms with Crippen molar-refractivity contribution in [3.63, 3.8) is 0 Å². The Kier molecular flexibility index (Phi) is 5.68. The van der Waals surface area contributed by atoms with E-state index in [9.17, 15) is 17.8 Å². The fourth-order valence-electron chi connectivity index (χ4n) is 3.78. The van der Waals surface area contributed by atoms with E-state index in [1.165, 1.54) is 18.3 Å². The van der Waals surface area contributed by atoms with Gasteiger partial charge in [0.25, 0.3) is 10.1 Å². The molecule has 0 bridgehead atoms. The van der Waals surface area contributed by atoms with Crippen LogP contribution in [0.4, 0.5) is 5.69 Å². The number of rotatable bonds is 5. The third kappa shape index (κ3) is 4.45. The Morgan fingerprint density at radius 3 is 2.44 bits per heavy atom. The van der Waals surface area contributed by atoms with Gasteiger partial charge in [-0.3, -0.25) is 9.35 Å². The Bertz CT molecular complexity index is 1670. The molecular formula is C24H19N3O4S3. The molecule has 34 heavy (non-hydrogen) atoms. The standard InChI is InChI=1S/C24H19N3O4S3/c1-13-3-9-19-22(23(13)34(29,30)31)33-24(27-19)16-6-10-18-20(12-16)32-21(26-18)11-15-4-7-17(8-5-15)25-14(2)28/h3-10,12H,11H2,1-2H3,(H,25,28)(H,29,30,31). The highest BCUT2D eigenvalue weighted by Gasteiger charge is 2.21. The zero-order valence-electron chi connectivity index (χ0n) is 18.2. The molecule has 2 heterocycles. The number of fused-ring (bicyclic) bond motifs is 2. The van der Waals surface area contributed by atoms with Crippen molar-refractivity contribution in [3.05, 3.63) is 70.7 Å². The van der Waals surface area contributed by atoms with Crippen LogP contribution in [0.25, 0.3) is 31.0 Å². The maximum atomic E-state index is 11.9. The number of nitrogens with zero attached hydrogens (tertiary/aromatic N) is 2. The van der Waals surface area contributed by atoms with Gasteiger partial charge in [0.1, 0.15) is 9.90 Å². The Morgan fingerprint density at radius 1 is 1.00 bits per heavy atom. The summed E-state index contributed by atoms with van der Waals surface area (Å²) in [4.78, 5) is 20.4. The van der Waals surface area contributed by atoms with E-state index in [4.69, 9.17) is 4.98 Å². The summed E-state index contributed by atoms with van der Waals surface area (Å²) >= 11 is 2.84. The van der Waals surface area contributed by atoms with Crippen molar-refractivity contribution in [2.45, 2.75) is 25.2 Å². The molecule has 2 aromatic heterocycles. The molecule has 0 saturated heterocycles. The maximum absolute atomic E-state index is 11.9. The Balaban J connectivity index is 1.46. The zero-order valence-corrected chi connectivity index (χ0v) is 20.6. The van der Waals surface area contributed by atoms with Crippen molar-refractivity contribution in [1.82, 2.24) is 9.97 Å². The van der Waals surface area contributed by atoms with Crippen molar-refractivity contribution in [2.75, 3.05) is 5.32 Å². The molecule has 0 fully saturated rings. The lowest BCUT2D eigenvalue weighted by molar-refractivity contribution is -0.114. The van der Waals surface area contributed by atoms with Crippen LogP contribution in [0, 0.1) is 6.92 Å². The molecule has 0 spiro atoms. The van der Waals surface area contributed by atoms with E-state index in [1.807, 2.05) is 42.5 Å². The van der Waals surface area contributed by atoms with E-state index in [1.54, 1.807) is 30.4 Å². The molecule has 5 aromatic rings. The predicted octanol–water partition coefficient (Wildman–Crippen LogP) is 5.68. The first kappa shape index (κ1) is 22.6. The first-order valence-corrected chi connectivity index (χ1v) is 13.4. The average molecular weight is 510 g/mol. The maximum Gasteiger partial charge on any atom is 0.296 e. The largest absolute Gasteiger partial charge is 0.326 e. The monoisotopic (exact) mass is 509 g/mol. The molecule has 0 radical (unpaired) electrons. The van der Waals surface area contributed by atoms with Crippen LogP contribution in [0.2, 0.25) is 0 Å². The van der Waals surface area contributed by atoms with Crippen molar-refractivity contribution >= 4 is 64.8 Å². The SMILES string of the molecule is CC(=O)Nc1ccc(Cc2nc3ccc(-c4nc5ccc(C)c(S(=O)(=O)O)c5s4)cc3s2)cc1. The topological polar surface area (TPSA) is 109 Å². The third-order valence-electron chi connectivity index (χ3n) is 5.28. The molecule has 3 aromatic carbocycles. The zero-order chi connectivity index (χ0) is 24.0. The molecule has 172 valence electrons. The number of thiazole rings is 2. The summed E-state index contributed by atoms with van der Waals surface area (Å²) in [5.41, 5.74) is 4.61. The minimum atomic E-state index is -4.36. The van der Waals surface area contributed by atoms with Gasteiger partial charge in [-0.25, -0.2) is 9.97 Å². The molecule has 1 amide bonds. The first-order chi connectivity index (χ1) is 16.2. The quantitative estimate of drug-likeness (QED) is 0.295. The summed E-state index contributed by atoms with van der Waals surface area (Å²) in [7, 11) is -4.36. The minimum absolute atomic E-state index is 0.0839. The highest BCUT2D eigenvalue weighted by Crippen LogP contribution is 2.37. The van der Waals surface area contributed by atoms with E-state index in [2.05, 4.69) is 10.3 Å². The van der Waals surface area contributed by atoms with Crippen LogP contribution < -0.4 is 5.32 Å². The second kappa shape index (κ2) is 8.55. The van der Waals surface area contributed by atoms with Gasteiger partial charge in [0.05, 0.1) is 25.4 Å². The van der Waals surface area contributed by atoms with Crippen LogP contribution in [0.3, 0.4) is 0 Å². The van der Waals surface area contributed by atoms with E-state index >= 15 is 0 Å². The Morgan fingerprint density at radius 2 is 1.74 bits per heavy atom. The lowest BCUT2D eigenvalue weighted by Gasteiger charge is -2.03. The summed E-state index contributed by atoms with van der Waals surface area (Å²) in [6, 6.07) is 17.0. The van der Waals surface area contributed by atoms with Crippen LogP contribution in [0.15, 0.2) is 59.5 Å². The van der Waals surface area contributed by atoms with Crippen molar-refractivity contribution in [2.24, 2.45) is 0 Å². The van der Waals surface area contributed by atoms with Gasteiger partial charge >= 0.3 is 0 Å². The second-order valence-electron chi connectivity index (χ2n) is 7.90. The number of nitrogens with one attached hydrogen (secondary N) is 1. The van der Waals surface area contributed by atoms with Gasteiger partial charge in [-0.05, 0) is 54.4 Å². The molecule has 5 rings (SSSR count). The number of carbonyl (C=O) groups excluding carboxylic acids is 1. The van der Waals surface area contributed by atoms with Crippen LogP contribution in [-0.2, 0) is 21.3 Å². The third-order valence-corrected chi connectivity index (χ3v) is 8.60. The van der Waals surface area contributed by atoms with Gasteiger partial charge in [0.15, 0.2) is 0 Å². The summed E-state index contributed by atoms with van der Waals surface area (Å²) in [6.45, 7) is 3.13.